The lowest BCUT2D eigenvalue weighted by molar-refractivity contribution is -0.132. The first-order valence-corrected chi connectivity index (χ1v) is 7.03. The number of carbonyl (C=O) groups is 1. The third-order valence-corrected chi connectivity index (χ3v) is 4.30. The Morgan fingerprint density at radius 3 is 3.06 bits per heavy atom. The minimum absolute atomic E-state index is 0.0461. The molecule has 2 heterocycles. The van der Waals surface area contributed by atoms with Gasteiger partial charge in [-0.3, -0.25) is 9.59 Å². The van der Waals surface area contributed by atoms with Crippen LogP contribution < -0.4 is 11.3 Å². The predicted molar refractivity (Wildman–Crippen MR) is 73.6 cm³/mol. The molecule has 0 spiro atoms. The number of amides is 1. The van der Waals surface area contributed by atoms with E-state index in [-0.39, 0.29) is 18.0 Å². The van der Waals surface area contributed by atoms with E-state index in [1.54, 1.807) is 18.0 Å². The predicted octanol–water partition coefficient (Wildman–Crippen LogP) is 0.394. The fraction of sp³-hybridized carbons (Fsp3) is 0.500. The first kappa shape index (κ1) is 13.0. The van der Waals surface area contributed by atoms with Gasteiger partial charge in [-0.1, -0.05) is 0 Å². The molecule has 2 rings (SSSR count). The summed E-state index contributed by atoms with van der Waals surface area (Å²) in [7, 11) is 1.80. The standard InChI is InChI=1S/C12H17N3O2S/c1-14(10-4-5-18-8-10)12(17)7-15-6-9(13)2-3-11(15)16/h2-3,6,10H,4-5,7-8,13H2,1H3. The van der Waals surface area contributed by atoms with Gasteiger partial charge in [0.05, 0.1) is 0 Å². The molecule has 0 radical (unpaired) electrons. The van der Waals surface area contributed by atoms with Crippen molar-refractivity contribution in [3.63, 3.8) is 0 Å². The zero-order chi connectivity index (χ0) is 13.1. The lowest BCUT2D eigenvalue weighted by Crippen LogP contribution is -2.40. The maximum atomic E-state index is 12.1. The lowest BCUT2D eigenvalue weighted by atomic mass is 10.2. The zero-order valence-corrected chi connectivity index (χ0v) is 11.2. The van der Waals surface area contributed by atoms with Crippen LogP contribution >= 0.6 is 11.8 Å². The maximum absolute atomic E-state index is 12.1. The van der Waals surface area contributed by atoms with Crippen molar-refractivity contribution in [3.8, 4) is 0 Å². The smallest absolute Gasteiger partial charge is 0.251 e. The Morgan fingerprint density at radius 2 is 2.39 bits per heavy atom. The molecule has 1 aromatic heterocycles. The summed E-state index contributed by atoms with van der Waals surface area (Å²) in [5.74, 6) is 2.03. The van der Waals surface area contributed by atoms with Gasteiger partial charge >= 0.3 is 0 Å². The number of aromatic nitrogens is 1. The SMILES string of the molecule is CN(C(=O)Cn1cc(N)ccc1=O)C1CCSC1. The van der Waals surface area contributed by atoms with E-state index in [1.807, 2.05) is 11.8 Å². The van der Waals surface area contributed by atoms with Gasteiger partial charge < -0.3 is 15.2 Å². The summed E-state index contributed by atoms with van der Waals surface area (Å²) in [5, 5.41) is 0. The molecule has 18 heavy (non-hydrogen) atoms. The first-order chi connectivity index (χ1) is 8.58. The average Bonchev–Trinajstić information content (AvgIpc) is 2.86. The van der Waals surface area contributed by atoms with E-state index < -0.39 is 0 Å². The van der Waals surface area contributed by atoms with Crippen LogP contribution in [0, 0.1) is 0 Å². The van der Waals surface area contributed by atoms with E-state index in [2.05, 4.69) is 0 Å². The molecule has 6 heteroatoms. The molecular formula is C12H17N3O2S. The largest absolute Gasteiger partial charge is 0.398 e. The molecule has 2 N–H and O–H groups in total. The fourth-order valence-electron chi connectivity index (χ4n) is 1.96. The maximum Gasteiger partial charge on any atom is 0.251 e. The van der Waals surface area contributed by atoms with Crippen LogP contribution in [0.2, 0.25) is 0 Å². The molecule has 1 amide bonds. The third kappa shape index (κ3) is 2.87. The van der Waals surface area contributed by atoms with Crippen LogP contribution in [0.3, 0.4) is 0 Å². The van der Waals surface area contributed by atoms with Gasteiger partial charge in [-0.15, -0.1) is 0 Å². The summed E-state index contributed by atoms with van der Waals surface area (Å²) >= 11 is 1.86. The second-order valence-corrected chi connectivity index (χ2v) is 5.60. The topological polar surface area (TPSA) is 68.3 Å². The molecule has 1 aromatic rings. The molecule has 0 saturated carbocycles. The highest BCUT2D eigenvalue weighted by molar-refractivity contribution is 7.99. The van der Waals surface area contributed by atoms with Crippen LogP contribution in [0.4, 0.5) is 5.69 Å². The summed E-state index contributed by atoms with van der Waals surface area (Å²) < 4.78 is 1.36. The normalized spacial score (nSPS) is 18.8. The number of pyridine rings is 1. The highest BCUT2D eigenvalue weighted by atomic mass is 32.2. The highest BCUT2D eigenvalue weighted by Gasteiger charge is 2.23. The molecular weight excluding hydrogens is 250 g/mol. The van der Waals surface area contributed by atoms with Crippen molar-refractivity contribution in [2.75, 3.05) is 24.3 Å². The van der Waals surface area contributed by atoms with Gasteiger partial charge in [-0.2, -0.15) is 11.8 Å². The molecule has 1 fully saturated rings. The van der Waals surface area contributed by atoms with E-state index in [0.717, 1.165) is 17.9 Å². The van der Waals surface area contributed by atoms with Crippen LogP contribution in [0.5, 0.6) is 0 Å². The van der Waals surface area contributed by atoms with Crippen LogP contribution in [-0.2, 0) is 11.3 Å². The van der Waals surface area contributed by atoms with E-state index in [1.165, 1.54) is 16.8 Å². The van der Waals surface area contributed by atoms with Gasteiger partial charge in [0.1, 0.15) is 6.54 Å². The van der Waals surface area contributed by atoms with Crippen molar-refractivity contribution in [3.05, 3.63) is 28.7 Å². The van der Waals surface area contributed by atoms with Crippen molar-refractivity contribution in [2.24, 2.45) is 0 Å². The van der Waals surface area contributed by atoms with Crippen molar-refractivity contribution in [2.45, 2.75) is 19.0 Å². The summed E-state index contributed by atoms with van der Waals surface area (Å²) in [4.78, 5) is 25.4. The molecule has 1 aliphatic heterocycles. The van der Waals surface area contributed by atoms with Gasteiger partial charge in [0.25, 0.3) is 5.56 Å². The number of hydrogen-bond acceptors (Lipinski definition) is 4. The second kappa shape index (κ2) is 5.48. The molecule has 0 aliphatic carbocycles. The van der Waals surface area contributed by atoms with Crippen LogP contribution in [0.15, 0.2) is 23.1 Å². The number of likely N-dealkylation sites (N-methyl/N-ethyl adjacent to an activating group) is 1. The highest BCUT2D eigenvalue weighted by Crippen LogP contribution is 2.21. The van der Waals surface area contributed by atoms with Gasteiger partial charge in [0, 0.05) is 36.8 Å². The molecule has 5 nitrogen and oxygen atoms in total. The molecule has 0 bridgehead atoms. The zero-order valence-electron chi connectivity index (χ0n) is 10.3. The van der Waals surface area contributed by atoms with Gasteiger partial charge in [0.15, 0.2) is 0 Å². The number of rotatable bonds is 3. The number of nitrogen functional groups attached to an aromatic ring is 1. The number of nitrogens with zero attached hydrogens (tertiary/aromatic N) is 2. The van der Waals surface area contributed by atoms with Crippen molar-refractivity contribution in [1.82, 2.24) is 9.47 Å². The van der Waals surface area contributed by atoms with Crippen molar-refractivity contribution >= 4 is 23.4 Å². The van der Waals surface area contributed by atoms with Gasteiger partial charge in [0.2, 0.25) is 5.91 Å². The Kier molecular flexibility index (Phi) is 3.96. The Labute approximate surface area is 110 Å². The fourth-order valence-corrected chi connectivity index (χ4v) is 3.23. The van der Waals surface area contributed by atoms with E-state index in [4.69, 9.17) is 5.73 Å². The van der Waals surface area contributed by atoms with Crippen LogP contribution in [0.1, 0.15) is 6.42 Å². The van der Waals surface area contributed by atoms with E-state index >= 15 is 0 Å². The minimum Gasteiger partial charge on any atom is -0.398 e. The Morgan fingerprint density at radius 1 is 1.61 bits per heavy atom. The third-order valence-electron chi connectivity index (χ3n) is 3.16. The summed E-state index contributed by atoms with van der Waals surface area (Å²) in [5.41, 5.74) is 5.90. The van der Waals surface area contributed by atoms with Crippen molar-refractivity contribution < 1.29 is 4.79 Å². The number of hydrogen-bond donors (Lipinski definition) is 1. The van der Waals surface area contributed by atoms with Crippen LogP contribution in [0.25, 0.3) is 0 Å². The molecule has 1 saturated heterocycles. The molecule has 98 valence electrons. The minimum atomic E-state index is -0.202. The molecule has 0 aromatic carbocycles. The summed E-state index contributed by atoms with van der Waals surface area (Å²) in [6.45, 7) is 0.0571. The van der Waals surface area contributed by atoms with Crippen molar-refractivity contribution in [1.29, 1.82) is 0 Å². The first-order valence-electron chi connectivity index (χ1n) is 5.87. The molecule has 1 aliphatic rings. The Balaban J connectivity index is 2.06. The van der Waals surface area contributed by atoms with E-state index in [0.29, 0.717) is 11.7 Å². The number of carbonyl (C=O) groups excluding carboxylic acids is 1. The lowest BCUT2D eigenvalue weighted by Gasteiger charge is -2.24. The Bertz CT molecular complexity index is 494. The molecule has 1 unspecified atom stereocenters. The summed E-state index contributed by atoms with van der Waals surface area (Å²) in [6, 6.07) is 3.22. The number of nitrogens with two attached hydrogens (primary N) is 1. The van der Waals surface area contributed by atoms with E-state index in [9.17, 15) is 9.59 Å². The second-order valence-electron chi connectivity index (χ2n) is 4.45. The van der Waals surface area contributed by atoms with Gasteiger partial charge in [-0.05, 0) is 18.2 Å². The number of thioether (sulfide) groups is 1. The monoisotopic (exact) mass is 267 g/mol. The van der Waals surface area contributed by atoms with Crippen LogP contribution in [-0.4, -0.2) is 40.0 Å². The average molecular weight is 267 g/mol. The number of anilines is 1. The summed E-state index contributed by atoms with van der Waals surface area (Å²) in [6.07, 6.45) is 2.54. The Hall–Kier alpha value is -1.43. The quantitative estimate of drug-likeness (QED) is 0.860. The van der Waals surface area contributed by atoms with Gasteiger partial charge in [-0.25, -0.2) is 0 Å². The molecule has 1 atom stereocenters.